The third-order valence-electron chi connectivity index (χ3n) is 5.20. The Morgan fingerprint density at radius 3 is 2.68 bits per heavy atom. The predicted molar refractivity (Wildman–Crippen MR) is 107 cm³/mol. The molecule has 0 spiro atoms. The fourth-order valence-corrected chi connectivity index (χ4v) is 3.45. The number of fused-ring (bicyclic) bond motifs is 1. The fraction of sp³-hybridized carbons (Fsp3) is 0.318. The molecule has 2 aromatic carbocycles. The number of amides is 1. The number of benzene rings is 2. The lowest BCUT2D eigenvalue weighted by atomic mass is 10.0. The van der Waals surface area contributed by atoms with Gasteiger partial charge in [-0.2, -0.15) is 0 Å². The Kier molecular flexibility index (Phi) is 5.10. The van der Waals surface area contributed by atoms with Gasteiger partial charge < -0.3 is 10.1 Å². The summed E-state index contributed by atoms with van der Waals surface area (Å²) in [6.45, 7) is 0.308. The van der Waals surface area contributed by atoms with Crippen molar-refractivity contribution in [1.29, 1.82) is 0 Å². The molecule has 3 aromatic rings. The second kappa shape index (κ2) is 7.84. The van der Waals surface area contributed by atoms with Crippen molar-refractivity contribution in [2.45, 2.75) is 31.8 Å². The number of aryl methyl sites for hydroxylation is 1. The van der Waals surface area contributed by atoms with E-state index in [9.17, 15) is 9.59 Å². The van der Waals surface area contributed by atoms with Crippen LogP contribution in [0.4, 0.5) is 0 Å². The molecule has 144 valence electrons. The van der Waals surface area contributed by atoms with E-state index >= 15 is 0 Å². The van der Waals surface area contributed by atoms with E-state index in [0.29, 0.717) is 23.4 Å². The number of nitrogens with zero attached hydrogens (tertiary/aromatic N) is 2. The second-order valence-electron chi connectivity index (χ2n) is 7.17. The SMILES string of the molecule is COc1ccc(C(NC(=O)CCn2cnc3ccccc3c2=O)C2CC2)cc1. The zero-order chi connectivity index (χ0) is 19.5. The normalized spacial score (nSPS) is 14.6. The number of hydrogen-bond acceptors (Lipinski definition) is 4. The molecule has 0 aliphatic heterocycles. The first-order valence-corrected chi connectivity index (χ1v) is 9.53. The first-order chi connectivity index (χ1) is 13.7. The Bertz CT molecular complexity index is 1040. The van der Waals surface area contributed by atoms with Gasteiger partial charge in [0.05, 0.1) is 30.4 Å². The highest BCUT2D eigenvalue weighted by Gasteiger charge is 2.33. The molecular formula is C22H23N3O3. The Hall–Kier alpha value is -3.15. The van der Waals surface area contributed by atoms with Crippen molar-refractivity contribution < 1.29 is 9.53 Å². The summed E-state index contributed by atoms with van der Waals surface area (Å²) in [4.78, 5) is 29.4. The van der Waals surface area contributed by atoms with Crippen LogP contribution in [-0.2, 0) is 11.3 Å². The molecule has 1 aliphatic carbocycles. The summed E-state index contributed by atoms with van der Waals surface area (Å²) in [5, 5.41) is 3.71. The maximum atomic E-state index is 12.6. The maximum Gasteiger partial charge on any atom is 0.261 e. The fourth-order valence-electron chi connectivity index (χ4n) is 3.45. The molecule has 1 unspecified atom stereocenters. The highest BCUT2D eigenvalue weighted by molar-refractivity contribution is 5.77. The number of para-hydroxylation sites is 1. The number of rotatable bonds is 7. The quantitative estimate of drug-likeness (QED) is 0.687. The largest absolute Gasteiger partial charge is 0.497 e. The highest BCUT2D eigenvalue weighted by Crippen LogP contribution is 2.41. The molecule has 1 N–H and O–H groups in total. The lowest BCUT2D eigenvalue weighted by Crippen LogP contribution is -2.31. The van der Waals surface area contributed by atoms with Crippen molar-refractivity contribution in [1.82, 2.24) is 14.9 Å². The van der Waals surface area contributed by atoms with Gasteiger partial charge in [-0.15, -0.1) is 0 Å². The third-order valence-corrected chi connectivity index (χ3v) is 5.20. The molecule has 4 rings (SSSR count). The molecule has 6 heteroatoms. The Morgan fingerprint density at radius 2 is 1.96 bits per heavy atom. The zero-order valence-corrected chi connectivity index (χ0v) is 15.8. The van der Waals surface area contributed by atoms with E-state index < -0.39 is 0 Å². The summed E-state index contributed by atoms with van der Waals surface area (Å²) < 4.78 is 6.71. The van der Waals surface area contributed by atoms with Gasteiger partial charge in [0, 0.05) is 13.0 Å². The van der Waals surface area contributed by atoms with Crippen molar-refractivity contribution in [3.05, 3.63) is 70.8 Å². The molecule has 1 aliphatic rings. The van der Waals surface area contributed by atoms with E-state index in [1.54, 1.807) is 13.2 Å². The number of aromatic nitrogens is 2. The topological polar surface area (TPSA) is 73.2 Å². The Labute approximate surface area is 163 Å². The van der Waals surface area contributed by atoms with Gasteiger partial charge in [0.2, 0.25) is 5.91 Å². The van der Waals surface area contributed by atoms with Crippen molar-refractivity contribution in [2.24, 2.45) is 5.92 Å². The van der Waals surface area contributed by atoms with Crippen LogP contribution in [0.1, 0.15) is 30.9 Å². The van der Waals surface area contributed by atoms with E-state index in [1.807, 2.05) is 42.5 Å². The van der Waals surface area contributed by atoms with E-state index in [-0.39, 0.29) is 23.9 Å². The molecule has 1 atom stereocenters. The standard InChI is InChI=1S/C22H23N3O3/c1-28-17-10-8-16(9-11-17)21(15-6-7-15)24-20(26)12-13-25-14-23-19-5-3-2-4-18(19)22(25)27/h2-5,8-11,14-15,21H,6-7,12-13H2,1H3,(H,24,26). The molecular weight excluding hydrogens is 354 g/mol. The van der Waals surface area contributed by atoms with Gasteiger partial charge in [-0.1, -0.05) is 24.3 Å². The van der Waals surface area contributed by atoms with E-state index in [0.717, 1.165) is 24.2 Å². The highest BCUT2D eigenvalue weighted by atomic mass is 16.5. The van der Waals surface area contributed by atoms with Gasteiger partial charge in [-0.05, 0) is 48.6 Å². The minimum absolute atomic E-state index is 0.00450. The monoisotopic (exact) mass is 377 g/mol. The summed E-state index contributed by atoms with van der Waals surface area (Å²) >= 11 is 0. The average molecular weight is 377 g/mol. The zero-order valence-electron chi connectivity index (χ0n) is 15.8. The molecule has 1 amide bonds. The first kappa shape index (κ1) is 18.2. The third kappa shape index (κ3) is 3.91. The molecule has 6 nitrogen and oxygen atoms in total. The van der Waals surface area contributed by atoms with Gasteiger partial charge in [-0.3, -0.25) is 14.2 Å². The molecule has 1 aromatic heterocycles. The molecule has 0 saturated heterocycles. The van der Waals surface area contributed by atoms with Crippen LogP contribution >= 0.6 is 0 Å². The number of nitrogens with one attached hydrogen (secondary N) is 1. The van der Waals surface area contributed by atoms with Crippen LogP contribution < -0.4 is 15.6 Å². The molecule has 1 saturated carbocycles. The van der Waals surface area contributed by atoms with Crippen molar-refractivity contribution in [3.63, 3.8) is 0 Å². The van der Waals surface area contributed by atoms with Crippen LogP contribution in [0.15, 0.2) is 59.7 Å². The molecule has 0 bridgehead atoms. The molecule has 1 fully saturated rings. The van der Waals surface area contributed by atoms with Crippen molar-refractivity contribution in [3.8, 4) is 5.75 Å². The second-order valence-corrected chi connectivity index (χ2v) is 7.17. The van der Waals surface area contributed by atoms with Gasteiger partial charge >= 0.3 is 0 Å². The van der Waals surface area contributed by atoms with Crippen LogP contribution in [0.3, 0.4) is 0 Å². The van der Waals surface area contributed by atoms with Crippen LogP contribution in [0.2, 0.25) is 0 Å². The van der Waals surface area contributed by atoms with Crippen LogP contribution in [0, 0.1) is 5.92 Å². The molecule has 28 heavy (non-hydrogen) atoms. The average Bonchev–Trinajstić information content (AvgIpc) is 3.57. The Morgan fingerprint density at radius 1 is 1.21 bits per heavy atom. The number of hydrogen-bond donors (Lipinski definition) is 1. The lowest BCUT2D eigenvalue weighted by molar-refractivity contribution is -0.122. The molecule has 1 heterocycles. The predicted octanol–water partition coefficient (Wildman–Crippen LogP) is 3.06. The summed E-state index contributed by atoms with van der Waals surface area (Å²) in [5.74, 6) is 1.21. The lowest BCUT2D eigenvalue weighted by Gasteiger charge is -2.19. The van der Waals surface area contributed by atoms with Crippen molar-refractivity contribution >= 4 is 16.8 Å². The van der Waals surface area contributed by atoms with E-state index in [1.165, 1.54) is 10.9 Å². The van der Waals surface area contributed by atoms with E-state index in [4.69, 9.17) is 4.74 Å². The minimum Gasteiger partial charge on any atom is -0.497 e. The summed E-state index contributed by atoms with van der Waals surface area (Å²) in [6.07, 6.45) is 3.98. The van der Waals surface area contributed by atoms with E-state index in [2.05, 4.69) is 10.3 Å². The summed E-state index contributed by atoms with van der Waals surface area (Å²) in [5.41, 5.74) is 1.63. The molecule has 0 radical (unpaired) electrons. The van der Waals surface area contributed by atoms with Gasteiger partial charge in [0.15, 0.2) is 0 Å². The first-order valence-electron chi connectivity index (χ1n) is 9.53. The summed E-state index contributed by atoms with van der Waals surface area (Å²) in [6, 6.07) is 15.1. The maximum absolute atomic E-state index is 12.6. The number of carbonyl (C=O) groups is 1. The minimum atomic E-state index is -0.118. The van der Waals surface area contributed by atoms with Crippen LogP contribution in [0.25, 0.3) is 10.9 Å². The van der Waals surface area contributed by atoms with Crippen molar-refractivity contribution in [2.75, 3.05) is 7.11 Å². The van der Waals surface area contributed by atoms with Crippen LogP contribution in [-0.4, -0.2) is 22.6 Å². The number of carbonyl (C=O) groups excluding carboxylic acids is 1. The summed E-state index contributed by atoms with van der Waals surface area (Å²) in [7, 11) is 1.64. The van der Waals surface area contributed by atoms with Crippen LogP contribution in [0.5, 0.6) is 5.75 Å². The number of methoxy groups -OCH3 is 1. The Balaban J connectivity index is 1.43. The van der Waals surface area contributed by atoms with Gasteiger partial charge in [0.1, 0.15) is 5.75 Å². The van der Waals surface area contributed by atoms with Gasteiger partial charge in [-0.25, -0.2) is 4.98 Å². The number of ether oxygens (including phenoxy) is 1. The smallest absolute Gasteiger partial charge is 0.261 e. The van der Waals surface area contributed by atoms with Gasteiger partial charge in [0.25, 0.3) is 5.56 Å².